The van der Waals surface area contributed by atoms with Crippen molar-refractivity contribution in [1.82, 2.24) is 4.90 Å². The minimum atomic E-state index is -2.99. The predicted octanol–water partition coefficient (Wildman–Crippen LogP) is 2.47. The van der Waals surface area contributed by atoms with Crippen LogP contribution in [0.1, 0.15) is 13.3 Å². The molecule has 4 nitrogen and oxygen atoms in total. The minimum Gasteiger partial charge on any atom is -0.341 e. The molecule has 2 rings (SSSR count). The molecule has 1 aliphatic rings. The van der Waals surface area contributed by atoms with Gasteiger partial charge < -0.3 is 4.90 Å². The zero-order chi connectivity index (χ0) is 15.6. The molecule has 0 aliphatic carbocycles. The Morgan fingerprint density at radius 1 is 1.43 bits per heavy atom. The van der Waals surface area contributed by atoms with E-state index in [0.717, 1.165) is 4.90 Å². The number of carbonyl (C=O) groups is 1. The average Bonchev–Trinajstić information content (AvgIpc) is 2.80. The first kappa shape index (κ1) is 16.6. The zero-order valence-electron chi connectivity index (χ0n) is 12.0. The van der Waals surface area contributed by atoms with Gasteiger partial charge in [-0.1, -0.05) is 23.7 Å². The van der Waals surface area contributed by atoms with Crippen LogP contribution < -0.4 is 0 Å². The molecule has 0 N–H and O–H groups in total. The molecule has 116 valence electrons. The van der Waals surface area contributed by atoms with Crippen molar-refractivity contribution in [2.24, 2.45) is 0 Å². The molecule has 1 amide bonds. The Morgan fingerprint density at radius 3 is 2.67 bits per heavy atom. The third kappa shape index (κ3) is 4.14. The van der Waals surface area contributed by atoms with Crippen molar-refractivity contribution in [3.63, 3.8) is 0 Å². The number of sulfone groups is 1. The highest BCUT2D eigenvalue weighted by atomic mass is 35.5. The van der Waals surface area contributed by atoms with Crippen molar-refractivity contribution < 1.29 is 13.2 Å². The standard InChI is InChI=1S/C14H18ClNO3S2/c1-10(20-13-6-4-3-5-12(13)15)14(17)16(2)11-7-8-21(18,19)9-11/h3-6,10-11H,7-9H2,1-2H3/t10-,11-/m1/s1. The van der Waals surface area contributed by atoms with Gasteiger partial charge in [-0.25, -0.2) is 8.42 Å². The van der Waals surface area contributed by atoms with Gasteiger partial charge in [-0.2, -0.15) is 0 Å². The van der Waals surface area contributed by atoms with E-state index in [2.05, 4.69) is 0 Å². The largest absolute Gasteiger partial charge is 0.341 e. The summed E-state index contributed by atoms with van der Waals surface area (Å²) in [7, 11) is -1.31. The van der Waals surface area contributed by atoms with Crippen molar-refractivity contribution in [1.29, 1.82) is 0 Å². The predicted molar refractivity (Wildman–Crippen MR) is 86.6 cm³/mol. The number of thioether (sulfide) groups is 1. The highest BCUT2D eigenvalue weighted by Gasteiger charge is 2.34. The first-order valence-corrected chi connectivity index (χ1v) is 9.76. The maximum Gasteiger partial charge on any atom is 0.235 e. The van der Waals surface area contributed by atoms with Gasteiger partial charge in [-0.3, -0.25) is 4.79 Å². The van der Waals surface area contributed by atoms with E-state index in [1.165, 1.54) is 11.8 Å². The fraction of sp³-hybridized carbons (Fsp3) is 0.500. The second-order valence-corrected chi connectivity index (χ2v) is 9.22. The molecular weight excluding hydrogens is 330 g/mol. The zero-order valence-corrected chi connectivity index (χ0v) is 14.3. The molecular formula is C14H18ClNO3S2. The molecule has 0 saturated carbocycles. The highest BCUT2D eigenvalue weighted by Crippen LogP contribution is 2.31. The van der Waals surface area contributed by atoms with Crippen LogP contribution in [0.5, 0.6) is 0 Å². The van der Waals surface area contributed by atoms with Gasteiger partial charge in [0.2, 0.25) is 5.91 Å². The molecule has 1 saturated heterocycles. The highest BCUT2D eigenvalue weighted by molar-refractivity contribution is 8.00. The molecule has 2 atom stereocenters. The normalized spacial score (nSPS) is 22.0. The Labute approximate surface area is 134 Å². The average molecular weight is 348 g/mol. The lowest BCUT2D eigenvalue weighted by atomic mass is 10.2. The topological polar surface area (TPSA) is 54.5 Å². The van der Waals surface area contributed by atoms with Crippen LogP contribution in [-0.4, -0.2) is 49.1 Å². The van der Waals surface area contributed by atoms with Crippen LogP contribution in [0.25, 0.3) is 0 Å². The molecule has 1 aliphatic heterocycles. The van der Waals surface area contributed by atoms with Crippen LogP contribution in [0.15, 0.2) is 29.2 Å². The number of carbonyl (C=O) groups excluding carboxylic acids is 1. The summed E-state index contributed by atoms with van der Waals surface area (Å²) < 4.78 is 23.0. The van der Waals surface area contributed by atoms with Gasteiger partial charge in [-0.05, 0) is 25.5 Å². The lowest BCUT2D eigenvalue weighted by molar-refractivity contribution is -0.130. The van der Waals surface area contributed by atoms with Crippen LogP contribution in [0.3, 0.4) is 0 Å². The number of hydrogen-bond donors (Lipinski definition) is 0. The molecule has 0 aromatic heterocycles. The third-order valence-electron chi connectivity index (χ3n) is 3.59. The smallest absolute Gasteiger partial charge is 0.235 e. The fourth-order valence-corrected chi connectivity index (χ4v) is 5.36. The maximum absolute atomic E-state index is 12.4. The van der Waals surface area contributed by atoms with Crippen LogP contribution in [0.2, 0.25) is 5.02 Å². The van der Waals surface area contributed by atoms with Crippen molar-refractivity contribution in [2.75, 3.05) is 18.6 Å². The molecule has 1 aromatic carbocycles. The number of rotatable bonds is 4. The van der Waals surface area contributed by atoms with Gasteiger partial charge in [0.25, 0.3) is 0 Å². The van der Waals surface area contributed by atoms with Crippen molar-refractivity contribution >= 4 is 39.1 Å². The summed E-state index contributed by atoms with van der Waals surface area (Å²) in [6, 6.07) is 7.16. The molecule has 1 fully saturated rings. The summed E-state index contributed by atoms with van der Waals surface area (Å²) in [5, 5.41) is 0.312. The number of halogens is 1. The summed E-state index contributed by atoms with van der Waals surface area (Å²) >= 11 is 7.48. The van der Waals surface area contributed by atoms with E-state index in [1.807, 2.05) is 25.1 Å². The summed E-state index contributed by atoms with van der Waals surface area (Å²) in [5.74, 6) is 0.169. The Kier molecular flexibility index (Phi) is 5.22. The molecule has 1 aromatic rings. The van der Waals surface area contributed by atoms with Crippen molar-refractivity contribution in [2.45, 2.75) is 29.5 Å². The van der Waals surface area contributed by atoms with Gasteiger partial charge in [-0.15, -0.1) is 11.8 Å². The Hall–Kier alpha value is -0.720. The fourth-order valence-electron chi connectivity index (χ4n) is 2.33. The molecule has 0 spiro atoms. The van der Waals surface area contributed by atoms with E-state index in [-0.39, 0.29) is 28.7 Å². The number of nitrogens with zero attached hydrogens (tertiary/aromatic N) is 1. The molecule has 1 heterocycles. The number of hydrogen-bond acceptors (Lipinski definition) is 4. The van der Waals surface area contributed by atoms with Crippen LogP contribution in [0, 0.1) is 0 Å². The second kappa shape index (κ2) is 6.58. The lowest BCUT2D eigenvalue weighted by Crippen LogP contribution is -2.41. The minimum absolute atomic E-state index is 0.0676. The van der Waals surface area contributed by atoms with E-state index in [9.17, 15) is 13.2 Å². The van der Waals surface area contributed by atoms with Crippen molar-refractivity contribution in [3.05, 3.63) is 29.3 Å². The summed E-state index contributed by atoms with van der Waals surface area (Å²) in [6.07, 6.45) is 0.522. The van der Waals surface area contributed by atoms with Crippen LogP contribution in [0.4, 0.5) is 0 Å². The van der Waals surface area contributed by atoms with Gasteiger partial charge in [0.05, 0.1) is 21.8 Å². The summed E-state index contributed by atoms with van der Waals surface area (Å²) in [4.78, 5) is 14.8. The van der Waals surface area contributed by atoms with Crippen LogP contribution in [-0.2, 0) is 14.6 Å². The van der Waals surface area contributed by atoms with Gasteiger partial charge >= 0.3 is 0 Å². The Morgan fingerprint density at radius 2 is 2.10 bits per heavy atom. The van der Waals surface area contributed by atoms with Gasteiger partial charge in [0.15, 0.2) is 9.84 Å². The van der Waals surface area contributed by atoms with E-state index in [0.29, 0.717) is 11.4 Å². The summed E-state index contributed by atoms with van der Waals surface area (Å²) in [5.41, 5.74) is 0. The Balaban J connectivity index is 2.01. The van der Waals surface area contributed by atoms with Gasteiger partial charge in [0.1, 0.15) is 0 Å². The van der Waals surface area contributed by atoms with Crippen molar-refractivity contribution in [3.8, 4) is 0 Å². The Bertz CT molecular complexity index is 633. The molecule has 21 heavy (non-hydrogen) atoms. The first-order valence-electron chi connectivity index (χ1n) is 6.68. The molecule has 7 heteroatoms. The van der Waals surface area contributed by atoms with E-state index in [4.69, 9.17) is 11.6 Å². The maximum atomic E-state index is 12.4. The summed E-state index contributed by atoms with van der Waals surface area (Å²) in [6.45, 7) is 1.82. The molecule has 0 radical (unpaired) electrons. The van der Waals surface area contributed by atoms with E-state index < -0.39 is 9.84 Å². The third-order valence-corrected chi connectivity index (χ3v) is 6.95. The quantitative estimate of drug-likeness (QED) is 0.785. The van der Waals surface area contributed by atoms with Gasteiger partial charge in [0, 0.05) is 18.0 Å². The van der Waals surface area contributed by atoms with E-state index in [1.54, 1.807) is 18.0 Å². The number of amides is 1. The number of benzene rings is 1. The van der Waals surface area contributed by atoms with Crippen LogP contribution >= 0.6 is 23.4 Å². The second-order valence-electron chi connectivity index (χ2n) is 5.20. The SMILES string of the molecule is C[C@@H](Sc1ccccc1Cl)C(=O)N(C)[C@@H]1CCS(=O)(=O)C1. The van der Waals surface area contributed by atoms with E-state index >= 15 is 0 Å². The first-order chi connectivity index (χ1) is 9.80. The monoisotopic (exact) mass is 347 g/mol. The molecule has 0 bridgehead atoms. The lowest BCUT2D eigenvalue weighted by Gasteiger charge is -2.26. The molecule has 0 unspecified atom stereocenters.